The van der Waals surface area contributed by atoms with Crippen LogP contribution >= 0.6 is 22.9 Å². The van der Waals surface area contributed by atoms with Crippen molar-refractivity contribution in [3.63, 3.8) is 0 Å². The van der Waals surface area contributed by atoms with Gasteiger partial charge < -0.3 is 5.32 Å². The lowest BCUT2D eigenvalue weighted by Crippen LogP contribution is -2.22. The Labute approximate surface area is 102 Å². The first-order chi connectivity index (χ1) is 7.42. The van der Waals surface area contributed by atoms with Crippen LogP contribution in [-0.4, -0.2) is 12.7 Å². The van der Waals surface area contributed by atoms with Crippen LogP contribution in [0.4, 0.5) is 13.2 Å². The van der Waals surface area contributed by atoms with Gasteiger partial charge in [0, 0.05) is 17.3 Å². The predicted octanol–water partition coefficient (Wildman–Crippen LogP) is 4.39. The van der Waals surface area contributed by atoms with Gasteiger partial charge in [0.1, 0.15) is 0 Å². The maximum absolute atomic E-state index is 12.1. The first-order valence-electron chi connectivity index (χ1n) is 4.97. The van der Waals surface area contributed by atoms with Crippen molar-refractivity contribution in [2.24, 2.45) is 0 Å². The highest BCUT2D eigenvalue weighted by Gasteiger charge is 2.28. The average Bonchev–Trinajstić information content (AvgIpc) is 2.57. The van der Waals surface area contributed by atoms with Crippen LogP contribution in [0.5, 0.6) is 0 Å². The summed E-state index contributed by atoms with van der Waals surface area (Å²) in [7, 11) is 0. The molecule has 1 atom stereocenters. The molecular weight excluding hydrogens is 259 g/mol. The first kappa shape index (κ1) is 13.8. The van der Waals surface area contributed by atoms with E-state index in [0.717, 1.165) is 4.88 Å². The molecule has 0 aliphatic rings. The van der Waals surface area contributed by atoms with E-state index in [-0.39, 0.29) is 12.5 Å². The summed E-state index contributed by atoms with van der Waals surface area (Å²) in [5, 5.41) is 3.04. The second-order valence-corrected chi connectivity index (χ2v) is 5.15. The van der Waals surface area contributed by atoms with E-state index in [1.165, 1.54) is 11.3 Å². The van der Waals surface area contributed by atoms with Crippen molar-refractivity contribution in [3.8, 4) is 0 Å². The van der Waals surface area contributed by atoms with Gasteiger partial charge in [-0.25, -0.2) is 0 Å². The molecule has 6 heteroatoms. The van der Waals surface area contributed by atoms with Crippen LogP contribution in [0, 0.1) is 0 Å². The van der Waals surface area contributed by atoms with E-state index in [1.54, 1.807) is 12.1 Å². The SMILES string of the molecule is CCNC(CCC(F)(F)F)c1ccc(Cl)s1. The second-order valence-electron chi connectivity index (χ2n) is 3.41. The van der Waals surface area contributed by atoms with E-state index in [9.17, 15) is 13.2 Å². The minimum absolute atomic E-state index is 0.0498. The highest BCUT2D eigenvalue weighted by Crippen LogP contribution is 2.32. The molecule has 0 fully saturated rings. The van der Waals surface area contributed by atoms with E-state index in [1.807, 2.05) is 6.92 Å². The molecule has 0 radical (unpaired) electrons. The van der Waals surface area contributed by atoms with Gasteiger partial charge >= 0.3 is 6.18 Å². The molecule has 92 valence electrons. The van der Waals surface area contributed by atoms with Crippen molar-refractivity contribution in [1.29, 1.82) is 0 Å². The molecule has 0 saturated carbocycles. The van der Waals surface area contributed by atoms with Crippen molar-refractivity contribution in [2.45, 2.75) is 32.0 Å². The van der Waals surface area contributed by atoms with Crippen molar-refractivity contribution in [2.75, 3.05) is 6.54 Å². The summed E-state index contributed by atoms with van der Waals surface area (Å²) < 4.78 is 37.0. The molecule has 0 spiro atoms. The Bertz CT molecular complexity index is 324. The lowest BCUT2D eigenvalue weighted by atomic mass is 10.1. The third kappa shape index (κ3) is 4.72. The second kappa shape index (κ2) is 5.89. The molecule has 1 N–H and O–H groups in total. The zero-order chi connectivity index (χ0) is 12.2. The Balaban J connectivity index is 2.61. The zero-order valence-electron chi connectivity index (χ0n) is 8.77. The van der Waals surface area contributed by atoms with Crippen LogP contribution in [0.15, 0.2) is 12.1 Å². The number of hydrogen-bond donors (Lipinski definition) is 1. The molecule has 0 aliphatic heterocycles. The largest absolute Gasteiger partial charge is 0.389 e. The van der Waals surface area contributed by atoms with Crippen molar-refractivity contribution in [3.05, 3.63) is 21.3 Å². The van der Waals surface area contributed by atoms with E-state index < -0.39 is 12.6 Å². The number of rotatable bonds is 5. The topological polar surface area (TPSA) is 12.0 Å². The van der Waals surface area contributed by atoms with Gasteiger partial charge in [-0.1, -0.05) is 18.5 Å². The minimum Gasteiger partial charge on any atom is -0.310 e. The van der Waals surface area contributed by atoms with Crippen LogP contribution in [0.2, 0.25) is 4.34 Å². The average molecular weight is 272 g/mol. The van der Waals surface area contributed by atoms with Gasteiger partial charge in [0.05, 0.1) is 4.34 Å². The Hall–Kier alpha value is -0.260. The number of nitrogens with one attached hydrogen (secondary N) is 1. The summed E-state index contributed by atoms with van der Waals surface area (Å²) >= 11 is 7.09. The Morgan fingerprint density at radius 1 is 1.44 bits per heavy atom. The molecule has 0 amide bonds. The molecule has 1 nitrogen and oxygen atoms in total. The van der Waals surface area contributed by atoms with Crippen LogP contribution < -0.4 is 5.32 Å². The fourth-order valence-electron chi connectivity index (χ4n) is 1.41. The van der Waals surface area contributed by atoms with Gasteiger partial charge in [0.25, 0.3) is 0 Å². The monoisotopic (exact) mass is 271 g/mol. The van der Waals surface area contributed by atoms with Gasteiger partial charge in [-0.3, -0.25) is 0 Å². The van der Waals surface area contributed by atoms with Gasteiger partial charge in [0.15, 0.2) is 0 Å². The van der Waals surface area contributed by atoms with Crippen LogP contribution in [0.3, 0.4) is 0 Å². The summed E-state index contributed by atoms with van der Waals surface area (Å²) in [4.78, 5) is 0.858. The third-order valence-corrected chi connectivity index (χ3v) is 3.45. The number of halogens is 4. The molecule has 1 aromatic heterocycles. The smallest absolute Gasteiger partial charge is 0.310 e. The fourth-order valence-corrected chi connectivity index (χ4v) is 2.59. The molecule has 0 bridgehead atoms. The van der Waals surface area contributed by atoms with E-state index in [2.05, 4.69) is 5.32 Å². The molecule has 1 aromatic rings. The number of alkyl halides is 3. The van der Waals surface area contributed by atoms with Gasteiger partial charge in [-0.05, 0) is 25.1 Å². The molecule has 0 saturated heterocycles. The van der Waals surface area contributed by atoms with Crippen molar-refractivity contribution >= 4 is 22.9 Å². The summed E-state index contributed by atoms with van der Waals surface area (Å²) in [5.74, 6) is 0. The summed E-state index contributed by atoms with van der Waals surface area (Å²) in [6.07, 6.45) is -4.83. The maximum atomic E-state index is 12.1. The lowest BCUT2D eigenvalue weighted by Gasteiger charge is -2.17. The first-order valence-corrected chi connectivity index (χ1v) is 6.17. The summed E-state index contributed by atoms with van der Waals surface area (Å²) in [6, 6.07) is 3.22. The van der Waals surface area contributed by atoms with Crippen molar-refractivity contribution in [1.82, 2.24) is 5.32 Å². The third-order valence-electron chi connectivity index (χ3n) is 2.10. The summed E-state index contributed by atoms with van der Waals surface area (Å²) in [5.41, 5.74) is 0. The normalized spacial score (nSPS) is 14.1. The quantitative estimate of drug-likeness (QED) is 0.837. The molecule has 1 rings (SSSR count). The predicted molar refractivity (Wildman–Crippen MR) is 61.0 cm³/mol. The summed E-state index contributed by atoms with van der Waals surface area (Å²) in [6.45, 7) is 2.51. The lowest BCUT2D eigenvalue weighted by molar-refractivity contribution is -0.136. The zero-order valence-corrected chi connectivity index (χ0v) is 10.3. The van der Waals surface area contributed by atoms with Crippen LogP contribution in [0.25, 0.3) is 0 Å². The Morgan fingerprint density at radius 3 is 2.56 bits per heavy atom. The van der Waals surface area contributed by atoms with Gasteiger partial charge in [0.2, 0.25) is 0 Å². The molecular formula is C10H13ClF3NS. The van der Waals surface area contributed by atoms with E-state index >= 15 is 0 Å². The minimum atomic E-state index is -4.10. The fraction of sp³-hybridized carbons (Fsp3) is 0.600. The van der Waals surface area contributed by atoms with E-state index in [4.69, 9.17) is 11.6 Å². The number of thiophene rings is 1. The maximum Gasteiger partial charge on any atom is 0.389 e. The van der Waals surface area contributed by atoms with E-state index in [0.29, 0.717) is 10.9 Å². The molecule has 0 aromatic carbocycles. The van der Waals surface area contributed by atoms with Crippen LogP contribution in [-0.2, 0) is 0 Å². The molecule has 16 heavy (non-hydrogen) atoms. The molecule has 1 heterocycles. The number of hydrogen-bond acceptors (Lipinski definition) is 2. The molecule has 1 unspecified atom stereocenters. The van der Waals surface area contributed by atoms with Gasteiger partial charge in [-0.15, -0.1) is 11.3 Å². The highest BCUT2D eigenvalue weighted by atomic mass is 35.5. The molecule has 0 aliphatic carbocycles. The van der Waals surface area contributed by atoms with Crippen molar-refractivity contribution < 1.29 is 13.2 Å². The Morgan fingerprint density at radius 2 is 2.12 bits per heavy atom. The van der Waals surface area contributed by atoms with Crippen LogP contribution in [0.1, 0.15) is 30.7 Å². The Kier molecular flexibility index (Phi) is 5.08. The van der Waals surface area contributed by atoms with Gasteiger partial charge in [-0.2, -0.15) is 13.2 Å². The highest BCUT2D eigenvalue weighted by molar-refractivity contribution is 7.16. The standard InChI is InChI=1S/C10H13ClF3NS/c1-2-15-7(5-6-10(12,13)14)8-3-4-9(11)16-8/h3-4,7,15H,2,5-6H2,1H3.